The SMILES string of the molecule is CN(CCC(=O)O)Cc1cc(Br)c2c(c1)OCO2. The van der Waals surface area contributed by atoms with Gasteiger partial charge in [0.2, 0.25) is 6.79 Å². The summed E-state index contributed by atoms with van der Waals surface area (Å²) in [6, 6.07) is 3.88. The molecule has 0 bridgehead atoms. The zero-order valence-electron chi connectivity index (χ0n) is 9.98. The fraction of sp³-hybridized carbons (Fsp3) is 0.417. The molecule has 0 saturated heterocycles. The second-order valence-corrected chi connectivity index (χ2v) is 5.05. The Balaban J connectivity index is 2.01. The Bertz CT molecular complexity index is 464. The quantitative estimate of drug-likeness (QED) is 0.901. The minimum atomic E-state index is -0.784. The van der Waals surface area contributed by atoms with Crippen LogP contribution in [0, 0.1) is 0 Å². The van der Waals surface area contributed by atoms with Gasteiger partial charge in [-0.25, -0.2) is 0 Å². The van der Waals surface area contributed by atoms with E-state index in [1.807, 2.05) is 24.1 Å². The second kappa shape index (κ2) is 5.58. The molecule has 0 fully saturated rings. The summed E-state index contributed by atoms with van der Waals surface area (Å²) in [5.74, 6) is 0.673. The highest BCUT2D eigenvalue weighted by atomic mass is 79.9. The molecule has 1 aliphatic rings. The van der Waals surface area contributed by atoms with Crippen LogP contribution in [0.3, 0.4) is 0 Å². The van der Waals surface area contributed by atoms with Crippen molar-refractivity contribution in [3.63, 3.8) is 0 Å². The molecule has 1 aromatic rings. The molecule has 1 aliphatic heterocycles. The standard InChI is InChI=1S/C12H14BrNO4/c1-14(3-2-11(15)16)6-8-4-9(13)12-10(5-8)17-7-18-12/h4-5H,2-3,6-7H2,1H3,(H,15,16). The first-order chi connectivity index (χ1) is 8.56. The number of ether oxygens (including phenoxy) is 2. The van der Waals surface area contributed by atoms with Crippen LogP contribution in [0.1, 0.15) is 12.0 Å². The lowest BCUT2D eigenvalue weighted by molar-refractivity contribution is -0.137. The monoisotopic (exact) mass is 315 g/mol. The van der Waals surface area contributed by atoms with Gasteiger partial charge < -0.3 is 19.5 Å². The molecule has 0 saturated carbocycles. The normalized spacial score (nSPS) is 13.1. The number of halogens is 1. The van der Waals surface area contributed by atoms with E-state index >= 15 is 0 Å². The number of carboxylic acid groups (broad SMARTS) is 1. The van der Waals surface area contributed by atoms with Gasteiger partial charge in [0, 0.05) is 13.1 Å². The first-order valence-electron chi connectivity index (χ1n) is 5.54. The molecule has 18 heavy (non-hydrogen) atoms. The summed E-state index contributed by atoms with van der Waals surface area (Å²) in [6.07, 6.45) is 0.141. The summed E-state index contributed by atoms with van der Waals surface area (Å²) in [6.45, 7) is 1.43. The summed E-state index contributed by atoms with van der Waals surface area (Å²) < 4.78 is 11.5. The van der Waals surface area contributed by atoms with Crippen LogP contribution in [0.2, 0.25) is 0 Å². The Hall–Kier alpha value is -1.27. The lowest BCUT2D eigenvalue weighted by Gasteiger charge is -2.16. The Morgan fingerprint density at radius 2 is 2.28 bits per heavy atom. The number of nitrogens with zero attached hydrogens (tertiary/aromatic N) is 1. The Kier molecular flexibility index (Phi) is 4.08. The lowest BCUT2D eigenvalue weighted by atomic mass is 10.2. The van der Waals surface area contributed by atoms with Crippen molar-refractivity contribution in [2.75, 3.05) is 20.4 Å². The van der Waals surface area contributed by atoms with Crippen molar-refractivity contribution in [1.82, 2.24) is 4.90 Å². The maximum atomic E-state index is 10.5. The van der Waals surface area contributed by atoms with E-state index < -0.39 is 5.97 Å². The highest BCUT2D eigenvalue weighted by molar-refractivity contribution is 9.10. The highest BCUT2D eigenvalue weighted by Gasteiger charge is 2.18. The molecule has 1 heterocycles. The summed E-state index contributed by atoms with van der Waals surface area (Å²) in [5, 5.41) is 8.63. The Morgan fingerprint density at radius 3 is 3.00 bits per heavy atom. The average molecular weight is 316 g/mol. The zero-order chi connectivity index (χ0) is 13.1. The molecule has 1 aromatic carbocycles. The molecule has 1 N–H and O–H groups in total. The smallest absolute Gasteiger partial charge is 0.304 e. The number of benzene rings is 1. The predicted octanol–water partition coefficient (Wildman–Crippen LogP) is 2.08. The van der Waals surface area contributed by atoms with Gasteiger partial charge in [0.15, 0.2) is 11.5 Å². The molecular weight excluding hydrogens is 302 g/mol. The van der Waals surface area contributed by atoms with Gasteiger partial charge in [-0.2, -0.15) is 0 Å². The second-order valence-electron chi connectivity index (χ2n) is 4.19. The van der Waals surface area contributed by atoms with Crippen molar-refractivity contribution in [2.24, 2.45) is 0 Å². The molecule has 0 radical (unpaired) electrons. The maximum Gasteiger partial charge on any atom is 0.304 e. The minimum Gasteiger partial charge on any atom is -0.481 e. The van der Waals surface area contributed by atoms with E-state index in [9.17, 15) is 4.79 Å². The molecule has 0 aromatic heterocycles. The molecule has 0 unspecified atom stereocenters. The number of carbonyl (C=O) groups is 1. The van der Waals surface area contributed by atoms with Gasteiger partial charge in [-0.1, -0.05) is 0 Å². The molecule has 0 aliphatic carbocycles. The first kappa shape index (κ1) is 13.2. The molecule has 6 heteroatoms. The van der Waals surface area contributed by atoms with Gasteiger partial charge in [-0.3, -0.25) is 4.79 Å². The van der Waals surface area contributed by atoms with Gasteiger partial charge in [-0.15, -0.1) is 0 Å². The van der Waals surface area contributed by atoms with Crippen molar-refractivity contribution in [2.45, 2.75) is 13.0 Å². The van der Waals surface area contributed by atoms with E-state index in [0.29, 0.717) is 13.1 Å². The summed E-state index contributed by atoms with van der Waals surface area (Å²) in [4.78, 5) is 12.4. The minimum absolute atomic E-state index is 0.141. The number of hydrogen-bond donors (Lipinski definition) is 1. The predicted molar refractivity (Wildman–Crippen MR) is 68.9 cm³/mol. The Labute approximate surface area is 113 Å². The van der Waals surface area contributed by atoms with E-state index in [2.05, 4.69) is 15.9 Å². The number of rotatable bonds is 5. The molecule has 0 atom stereocenters. The summed E-state index contributed by atoms with van der Waals surface area (Å²) in [7, 11) is 1.89. The first-order valence-corrected chi connectivity index (χ1v) is 6.34. The Morgan fingerprint density at radius 1 is 1.50 bits per heavy atom. The van der Waals surface area contributed by atoms with E-state index in [4.69, 9.17) is 14.6 Å². The fourth-order valence-corrected chi connectivity index (χ4v) is 2.39. The number of aliphatic carboxylic acids is 1. The molecule has 5 nitrogen and oxygen atoms in total. The van der Waals surface area contributed by atoms with Gasteiger partial charge in [0.1, 0.15) is 0 Å². The zero-order valence-corrected chi connectivity index (χ0v) is 11.6. The maximum absolute atomic E-state index is 10.5. The van der Waals surface area contributed by atoms with Crippen LogP contribution in [0.5, 0.6) is 11.5 Å². The molecule has 2 rings (SSSR count). The summed E-state index contributed by atoms with van der Waals surface area (Å²) >= 11 is 3.43. The third-order valence-corrected chi connectivity index (χ3v) is 3.24. The van der Waals surface area contributed by atoms with Crippen molar-refractivity contribution in [3.05, 3.63) is 22.2 Å². The van der Waals surface area contributed by atoms with Crippen LogP contribution in [-0.4, -0.2) is 36.4 Å². The van der Waals surface area contributed by atoms with Crippen LogP contribution in [0.15, 0.2) is 16.6 Å². The van der Waals surface area contributed by atoms with Crippen molar-refractivity contribution < 1.29 is 19.4 Å². The van der Waals surface area contributed by atoms with E-state index in [-0.39, 0.29) is 13.2 Å². The number of carboxylic acids is 1. The molecular formula is C12H14BrNO4. The van der Waals surface area contributed by atoms with Gasteiger partial charge >= 0.3 is 5.97 Å². The topological polar surface area (TPSA) is 59.0 Å². The van der Waals surface area contributed by atoms with Crippen LogP contribution >= 0.6 is 15.9 Å². The van der Waals surface area contributed by atoms with Crippen LogP contribution in [0.25, 0.3) is 0 Å². The average Bonchev–Trinajstić information content (AvgIpc) is 2.75. The van der Waals surface area contributed by atoms with E-state index in [1.165, 1.54) is 0 Å². The summed E-state index contributed by atoms with van der Waals surface area (Å²) in [5.41, 5.74) is 1.05. The molecule has 0 spiro atoms. The number of hydrogen-bond acceptors (Lipinski definition) is 4. The van der Waals surface area contributed by atoms with Gasteiger partial charge in [0.25, 0.3) is 0 Å². The lowest BCUT2D eigenvalue weighted by Crippen LogP contribution is -2.21. The third kappa shape index (κ3) is 3.14. The van der Waals surface area contributed by atoms with Crippen LogP contribution in [0.4, 0.5) is 0 Å². The van der Waals surface area contributed by atoms with E-state index in [1.54, 1.807) is 0 Å². The van der Waals surface area contributed by atoms with Crippen molar-refractivity contribution >= 4 is 21.9 Å². The third-order valence-electron chi connectivity index (χ3n) is 2.65. The molecule has 0 amide bonds. The molecule has 98 valence electrons. The van der Waals surface area contributed by atoms with Gasteiger partial charge in [0.05, 0.1) is 10.9 Å². The largest absolute Gasteiger partial charge is 0.481 e. The fourth-order valence-electron chi connectivity index (χ4n) is 1.79. The highest BCUT2D eigenvalue weighted by Crippen LogP contribution is 2.40. The van der Waals surface area contributed by atoms with Crippen LogP contribution in [-0.2, 0) is 11.3 Å². The van der Waals surface area contributed by atoms with Crippen molar-refractivity contribution in [1.29, 1.82) is 0 Å². The van der Waals surface area contributed by atoms with Gasteiger partial charge in [-0.05, 0) is 40.7 Å². The van der Waals surface area contributed by atoms with Crippen molar-refractivity contribution in [3.8, 4) is 11.5 Å². The van der Waals surface area contributed by atoms with E-state index in [0.717, 1.165) is 21.5 Å². The van der Waals surface area contributed by atoms with Crippen LogP contribution < -0.4 is 9.47 Å². The number of fused-ring (bicyclic) bond motifs is 1.